The third-order valence-corrected chi connectivity index (χ3v) is 6.32. The molecule has 0 spiro atoms. The summed E-state index contributed by atoms with van der Waals surface area (Å²) in [6.07, 6.45) is 0.724. The molecule has 32 heavy (non-hydrogen) atoms. The zero-order valence-electron chi connectivity index (χ0n) is 18.1. The van der Waals surface area contributed by atoms with E-state index in [0.717, 1.165) is 23.2 Å². The van der Waals surface area contributed by atoms with E-state index in [0.29, 0.717) is 5.16 Å². The van der Waals surface area contributed by atoms with Gasteiger partial charge in [0.2, 0.25) is 11.1 Å². The van der Waals surface area contributed by atoms with Crippen LogP contribution in [0.1, 0.15) is 28.3 Å². The fourth-order valence-electron chi connectivity index (χ4n) is 3.54. The van der Waals surface area contributed by atoms with Crippen LogP contribution in [-0.2, 0) is 11.2 Å². The predicted molar refractivity (Wildman–Crippen MR) is 127 cm³/mol. The van der Waals surface area contributed by atoms with E-state index in [2.05, 4.69) is 46.0 Å². The van der Waals surface area contributed by atoms with E-state index in [1.54, 1.807) is 4.68 Å². The van der Waals surface area contributed by atoms with Crippen LogP contribution in [0.5, 0.6) is 0 Å². The largest absolute Gasteiger partial charge is 0.348 e. The first-order valence-electron chi connectivity index (χ1n) is 10.5. The zero-order valence-corrected chi connectivity index (χ0v) is 18.9. The van der Waals surface area contributed by atoms with Crippen LogP contribution in [-0.4, -0.2) is 31.9 Å². The topological polar surface area (TPSA) is 72.7 Å². The Labute approximate surface area is 192 Å². The second-order valence-corrected chi connectivity index (χ2v) is 8.54. The summed E-state index contributed by atoms with van der Waals surface area (Å²) in [7, 11) is 0. The highest BCUT2D eigenvalue weighted by molar-refractivity contribution is 7.99. The van der Waals surface area contributed by atoms with Crippen molar-refractivity contribution in [2.45, 2.75) is 31.5 Å². The van der Waals surface area contributed by atoms with E-state index in [9.17, 15) is 4.79 Å². The van der Waals surface area contributed by atoms with Crippen molar-refractivity contribution in [3.63, 3.8) is 0 Å². The molecular weight excluding hydrogens is 418 g/mol. The van der Waals surface area contributed by atoms with Gasteiger partial charge in [-0.05, 0) is 59.0 Å². The highest BCUT2D eigenvalue weighted by Crippen LogP contribution is 2.23. The number of thioether (sulfide) groups is 1. The quantitative estimate of drug-likeness (QED) is 0.407. The molecule has 4 aromatic rings. The lowest BCUT2D eigenvalue weighted by Crippen LogP contribution is -2.31. The van der Waals surface area contributed by atoms with Gasteiger partial charge in [0, 0.05) is 0 Å². The summed E-state index contributed by atoms with van der Waals surface area (Å²) in [5.74, 6) is 0.166. The molecule has 0 aliphatic rings. The standard InChI is InChI=1S/C25H25N5OS/c1-18-10-9-15-23(19(18)2)30-25(27-28-29-30)32-17-24(31)26-22(21-13-7-4-8-14-21)16-20-11-5-3-6-12-20/h3-15,22H,16-17H2,1-2H3,(H,26,31). The minimum Gasteiger partial charge on any atom is -0.348 e. The maximum atomic E-state index is 12.9. The van der Waals surface area contributed by atoms with Crippen LogP contribution >= 0.6 is 11.8 Å². The first kappa shape index (κ1) is 21.8. The average Bonchev–Trinajstić information content (AvgIpc) is 3.29. The van der Waals surface area contributed by atoms with Crippen molar-refractivity contribution in [3.8, 4) is 5.69 Å². The van der Waals surface area contributed by atoms with Crippen LogP contribution in [0.4, 0.5) is 0 Å². The summed E-state index contributed by atoms with van der Waals surface area (Å²) in [4.78, 5) is 12.9. The van der Waals surface area contributed by atoms with Crippen molar-refractivity contribution >= 4 is 17.7 Å². The molecule has 1 N–H and O–H groups in total. The van der Waals surface area contributed by atoms with Gasteiger partial charge in [-0.1, -0.05) is 84.6 Å². The van der Waals surface area contributed by atoms with E-state index in [1.165, 1.54) is 22.9 Å². The molecule has 0 aliphatic heterocycles. The molecule has 0 aliphatic carbocycles. The van der Waals surface area contributed by atoms with Crippen molar-refractivity contribution < 1.29 is 4.79 Å². The van der Waals surface area contributed by atoms with Gasteiger partial charge in [0.1, 0.15) is 0 Å². The van der Waals surface area contributed by atoms with Crippen LogP contribution in [0, 0.1) is 13.8 Å². The van der Waals surface area contributed by atoms with Gasteiger partial charge >= 0.3 is 0 Å². The number of nitrogens with zero attached hydrogens (tertiary/aromatic N) is 4. The molecule has 0 bridgehead atoms. The Hall–Kier alpha value is -3.45. The number of amides is 1. The number of carbonyl (C=O) groups is 1. The number of hydrogen-bond acceptors (Lipinski definition) is 5. The summed E-state index contributed by atoms with van der Waals surface area (Å²) >= 11 is 1.33. The molecule has 1 atom stereocenters. The summed E-state index contributed by atoms with van der Waals surface area (Å²) in [5, 5.41) is 15.9. The van der Waals surface area contributed by atoms with Crippen LogP contribution in [0.25, 0.3) is 5.69 Å². The lowest BCUT2D eigenvalue weighted by Gasteiger charge is -2.19. The molecule has 4 rings (SSSR count). The summed E-state index contributed by atoms with van der Waals surface area (Å²) in [5.41, 5.74) is 5.45. The molecule has 0 saturated heterocycles. The molecular formula is C25H25N5OS. The molecule has 0 saturated carbocycles. The van der Waals surface area contributed by atoms with Crippen molar-refractivity contribution in [2.75, 3.05) is 5.75 Å². The van der Waals surface area contributed by atoms with E-state index < -0.39 is 0 Å². The molecule has 0 radical (unpaired) electrons. The minimum absolute atomic E-state index is 0.0599. The van der Waals surface area contributed by atoms with E-state index in [-0.39, 0.29) is 17.7 Å². The Morgan fingerprint density at radius 1 is 0.969 bits per heavy atom. The van der Waals surface area contributed by atoms with Crippen molar-refractivity contribution in [1.82, 2.24) is 25.5 Å². The fourth-order valence-corrected chi connectivity index (χ4v) is 4.23. The van der Waals surface area contributed by atoms with Gasteiger partial charge in [-0.3, -0.25) is 4.79 Å². The number of benzene rings is 3. The van der Waals surface area contributed by atoms with Gasteiger partial charge in [-0.25, -0.2) is 0 Å². The number of aromatic nitrogens is 4. The highest BCUT2D eigenvalue weighted by atomic mass is 32.2. The number of nitrogens with one attached hydrogen (secondary N) is 1. The molecule has 1 amide bonds. The third kappa shape index (κ3) is 5.23. The second-order valence-electron chi connectivity index (χ2n) is 7.60. The lowest BCUT2D eigenvalue weighted by atomic mass is 9.99. The monoisotopic (exact) mass is 443 g/mol. The molecule has 0 fully saturated rings. The molecule has 1 unspecified atom stereocenters. The number of aryl methyl sites for hydroxylation is 1. The average molecular weight is 444 g/mol. The van der Waals surface area contributed by atoms with Crippen LogP contribution in [0.2, 0.25) is 0 Å². The van der Waals surface area contributed by atoms with Crippen molar-refractivity contribution in [2.24, 2.45) is 0 Å². The van der Waals surface area contributed by atoms with Crippen LogP contribution in [0.15, 0.2) is 84.0 Å². The zero-order chi connectivity index (χ0) is 22.3. The molecule has 3 aromatic carbocycles. The smallest absolute Gasteiger partial charge is 0.230 e. The summed E-state index contributed by atoms with van der Waals surface area (Å²) in [6.45, 7) is 4.10. The molecule has 7 heteroatoms. The fraction of sp³-hybridized carbons (Fsp3) is 0.200. The SMILES string of the molecule is Cc1cccc(-n2nnnc2SCC(=O)NC(Cc2ccccc2)c2ccccc2)c1C. The first-order valence-corrected chi connectivity index (χ1v) is 11.5. The van der Waals surface area contributed by atoms with E-state index in [4.69, 9.17) is 0 Å². The van der Waals surface area contributed by atoms with Gasteiger partial charge < -0.3 is 5.32 Å². The van der Waals surface area contributed by atoms with Crippen molar-refractivity contribution in [1.29, 1.82) is 0 Å². The maximum Gasteiger partial charge on any atom is 0.230 e. The van der Waals surface area contributed by atoms with Gasteiger partial charge in [-0.15, -0.1) is 5.10 Å². The van der Waals surface area contributed by atoms with Gasteiger partial charge in [0.05, 0.1) is 17.5 Å². The number of carbonyl (C=O) groups excluding carboxylic acids is 1. The highest BCUT2D eigenvalue weighted by Gasteiger charge is 2.18. The second kappa shape index (κ2) is 10.2. The molecule has 6 nitrogen and oxygen atoms in total. The number of rotatable bonds is 8. The first-order chi connectivity index (χ1) is 15.6. The Morgan fingerprint density at radius 2 is 1.69 bits per heavy atom. The van der Waals surface area contributed by atoms with Crippen LogP contribution in [0.3, 0.4) is 0 Å². The normalized spacial score (nSPS) is 11.8. The Balaban J connectivity index is 1.46. The lowest BCUT2D eigenvalue weighted by molar-refractivity contribution is -0.119. The number of hydrogen-bond donors (Lipinski definition) is 1. The minimum atomic E-state index is -0.110. The van der Waals surface area contributed by atoms with Gasteiger partial charge in [0.15, 0.2) is 0 Å². The summed E-state index contributed by atoms with van der Waals surface area (Å²) in [6, 6.07) is 26.1. The Bertz CT molecular complexity index is 1180. The van der Waals surface area contributed by atoms with Crippen molar-refractivity contribution in [3.05, 3.63) is 101 Å². The predicted octanol–water partition coefficient (Wildman–Crippen LogP) is 4.47. The maximum absolute atomic E-state index is 12.9. The summed E-state index contributed by atoms with van der Waals surface area (Å²) < 4.78 is 1.69. The Kier molecular flexibility index (Phi) is 6.97. The third-order valence-electron chi connectivity index (χ3n) is 5.40. The molecule has 1 heterocycles. The molecule has 162 valence electrons. The van der Waals surface area contributed by atoms with E-state index >= 15 is 0 Å². The van der Waals surface area contributed by atoms with Crippen LogP contribution < -0.4 is 5.32 Å². The van der Waals surface area contributed by atoms with Gasteiger partial charge in [-0.2, -0.15) is 4.68 Å². The molecule has 1 aromatic heterocycles. The van der Waals surface area contributed by atoms with Gasteiger partial charge in [0.25, 0.3) is 0 Å². The Morgan fingerprint density at radius 3 is 2.44 bits per heavy atom. The number of tetrazole rings is 1. The van der Waals surface area contributed by atoms with E-state index in [1.807, 2.05) is 67.6 Å².